The van der Waals surface area contributed by atoms with Gasteiger partial charge in [-0.25, -0.2) is 0 Å². The summed E-state index contributed by atoms with van der Waals surface area (Å²) >= 11 is 0. The molecule has 0 aliphatic rings. The predicted octanol–water partition coefficient (Wildman–Crippen LogP) is 4.31. The number of para-hydroxylation sites is 1. The van der Waals surface area contributed by atoms with Crippen LogP contribution in [0.4, 0.5) is 5.69 Å². The van der Waals surface area contributed by atoms with Crippen LogP contribution in [0.15, 0.2) is 48.5 Å². The Morgan fingerprint density at radius 3 is 2.41 bits per heavy atom. The second-order valence-corrected chi connectivity index (χ2v) is 6.59. The van der Waals surface area contributed by atoms with Crippen molar-refractivity contribution >= 4 is 17.5 Å². The molecule has 0 aliphatic heterocycles. The number of anilines is 1. The van der Waals surface area contributed by atoms with Gasteiger partial charge in [0, 0.05) is 24.3 Å². The number of amides is 2. The maximum absolute atomic E-state index is 12.4. The first-order chi connectivity index (χ1) is 13.0. The molecule has 1 N–H and O–H groups in total. The average molecular weight is 368 g/mol. The first-order valence-electron chi connectivity index (χ1n) is 9.37. The molecular weight excluding hydrogens is 340 g/mol. The van der Waals surface area contributed by atoms with E-state index in [0.29, 0.717) is 36.0 Å². The predicted molar refractivity (Wildman–Crippen MR) is 108 cm³/mol. The molecule has 5 heteroatoms. The zero-order chi connectivity index (χ0) is 19.8. The Balaban J connectivity index is 2.00. The van der Waals surface area contributed by atoms with Crippen LogP contribution >= 0.6 is 0 Å². The first kappa shape index (κ1) is 20.5. The lowest BCUT2D eigenvalue weighted by molar-refractivity contribution is -0.118. The Hall–Kier alpha value is -2.82. The van der Waals surface area contributed by atoms with Gasteiger partial charge in [0.25, 0.3) is 11.8 Å². The second-order valence-electron chi connectivity index (χ2n) is 6.59. The zero-order valence-corrected chi connectivity index (χ0v) is 16.5. The van der Waals surface area contributed by atoms with Crippen molar-refractivity contribution in [2.24, 2.45) is 0 Å². The molecule has 2 aromatic rings. The fraction of sp³-hybridized carbons (Fsp3) is 0.364. The highest BCUT2D eigenvalue weighted by Crippen LogP contribution is 2.25. The topological polar surface area (TPSA) is 58.6 Å². The van der Waals surface area contributed by atoms with Crippen LogP contribution in [0, 0.1) is 0 Å². The van der Waals surface area contributed by atoms with Crippen LogP contribution < -0.4 is 10.1 Å². The molecule has 27 heavy (non-hydrogen) atoms. The zero-order valence-electron chi connectivity index (χ0n) is 16.5. The van der Waals surface area contributed by atoms with E-state index in [-0.39, 0.29) is 18.4 Å². The summed E-state index contributed by atoms with van der Waals surface area (Å²) in [6.07, 6.45) is 0. The van der Waals surface area contributed by atoms with E-state index in [0.717, 1.165) is 5.56 Å². The first-order valence-corrected chi connectivity index (χ1v) is 9.37. The third-order valence-corrected chi connectivity index (χ3v) is 4.34. The normalized spacial score (nSPS) is 10.6. The van der Waals surface area contributed by atoms with Crippen LogP contribution in [0.3, 0.4) is 0 Å². The Kier molecular flexibility index (Phi) is 7.41. The third kappa shape index (κ3) is 5.58. The molecule has 0 aliphatic carbocycles. The third-order valence-electron chi connectivity index (χ3n) is 4.34. The fourth-order valence-electron chi connectivity index (χ4n) is 2.85. The van der Waals surface area contributed by atoms with E-state index >= 15 is 0 Å². The Bertz CT molecular complexity index is 783. The van der Waals surface area contributed by atoms with Gasteiger partial charge in [0.2, 0.25) is 0 Å². The minimum absolute atomic E-state index is 0.0433. The monoisotopic (exact) mass is 368 g/mol. The molecule has 2 amide bonds. The smallest absolute Gasteiger partial charge is 0.262 e. The number of hydrogen-bond donors (Lipinski definition) is 1. The quantitative estimate of drug-likeness (QED) is 0.755. The molecular formula is C22H28N2O3. The summed E-state index contributed by atoms with van der Waals surface area (Å²) in [5, 5.41) is 2.80. The molecule has 2 aromatic carbocycles. The molecule has 0 aromatic heterocycles. The Labute approximate surface area is 161 Å². The van der Waals surface area contributed by atoms with Gasteiger partial charge in [-0.3, -0.25) is 9.59 Å². The van der Waals surface area contributed by atoms with Crippen LogP contribution in [0.1, 0.15) is 49.5 Å². The van der Waals surface area contributed by atoms with E-state index in [2.05, 4.69) is 19.2 Å². The minimum atomic E-state index is -0.263. The minimum Gasteiger partial charge on any atom is -0.483 e. The largest absolute Gasteiger partial charge is 0.483 e. The molecule has 2 rings (SSSR count). The molecule has 0 bridgehead atoms. The number of carbonyl (C=O) groups excluding carboxylic acids is 2. The maximum atomic E-state index is 12.4. The van der Waals surface area contributed by atoms with E-state index < -0.39 is 0 Å². The lowest BCUT2D eigenvalue weighted by Gasteiger charge is -2.19. The number of ether oxygens (including phenoxy) is 1. The van der Waals surface area contributed by atoms with E-state index in [4.69, 9.17) is 4.74 Å². The van der Waals surface area contributed by atoms with Gasteiger partial charge in [0.05, 0.1) is 0 Å². The van der Waals surface area contributed by atoms with Gasteiger partial charge >= 0.3 is 0 Å². The van der Waals surface area contributed by atoms with E-state index in [9.17, 15) is 9.59 Å². The molecule has 5 nitrogen and oxygen atoms in total. The summed E-state index contributed by atoms with van der Waals surface area (Å²) in [4.78, 5) is 26.5. The van der Waals surface area contributed by atoms with Crippen molar-refractivity contribution in [3.63, 3.8) is 0 Å². The summed E-state index contributed by atoms with van der Waals surface area (Å²) in [7, 11) is 0. The average Bonchev–Trinajstić information content (AvgIpc) is 2.67. The molecule has 0 saturated carbocycles. The molecule has 0 atom stereocenters. The van der Waals surface area contributed by atoms with Crippen molar-refractivity contribution in [3.8, 4) is 5.75 Å². The number of hydrogen-bond acceptors (Lipinski definition) is 3. The summed E-state index contributed by atoms with van der Waals surface area (Å²) in [6, 6.07) is 14.7. The second kappa shape index (κ2) is 9.76. The van der Waals surface area contributed by atoms with E-state index in [1.165, 1.54) is 0 Å². The van der Waals surface area contributed by atoms with Gasteiger partial charge in [-0.1, -0.05) is 38.1 Å². The lowest BCUT2D eigenvalue weighted by Crippen LogP contribution is -2.30. The highest BCUT2D eigenvalue weighted by Gasteiger charge is 2.14. The molecule has 0 heterocycles. The van der Waals surface area contributed by atoms with Crippen LogP contribution in [0.2, 0.25) is 0 Å². The van der Waals surface area contributed by atoms with Crippen molar-refractivity contribution < 1.29 is 14.3 Å². The maximum Gasteiger partial charge on any atom is 0.262 e. The van der Waals surface area contributed by atoms with Crippen molar-refractivity contribution in [1.82, 2.24) is 4.90 Å². The van der Waals surface area contributed by atoms with Crippen molar-refractivity contribution in [2.45, 2.75) is 33.6 Å². The number of benzene rings is 2. The summed E-state index contributed by atoms with van der Waals surface area (Å²) in [5.74, 6) is 0.722. The molecule has 0 spiro atoms. The Morgan fingerprint density at radius 2 is 1.74 bits per heavy atom. The van der Waals surface area contributed by atoms with Gasteiger partial charge in [0.1, 0.15) is 5.75 Å². The molecule has 0 saturated heterocycles. The highest BCUT2D eigenvalue weighted by molar-refractivity contribution is 5.97. The SMILES string of the molecule is CCN(CC)C(=O)c1cccc(NC(=O)COc2ccccc2C(C)C)c1. The lowest BCUT2D eigenvalue weighted by atomic mass is 10.0. The summed E-state index contributed by atoms with van der Waals surface area (Å²) in [6.45, 7) is 9.27. The molecule has 144 valence electrons. The molecule has 0 radical (unpaired) electrons. The summed E-state index contributed by atoms with van der Waals surface area (Å²) < 4.78 is 5.70. The highest BCUT2D eigenvalue weighted by atomic mass is 16.5. The number of carbonyl (C=O) groups is 2. The van der Waals surface area contributed by atoms with E-state index in [1.807, 2.05) is 38.1 Å². The number of nitrogens with zero attached hydrogens (tertiary/aromatic N) is 1. The van der Waals surface area contributed by atoms with Gasteiger partial charge < -0.3 is 15.0 Å². The molecule has 0 unspecified atom stereocenters. The van der Waals surface area contributed by atoms with E-state index in [1.54, 1.807) is 29.2 Å². The van der Waals surface area contributed by atoms with Crippen molar-refractivity contribution in [1.29, 1.82) is 0 Å². The van der Waals surface area contributed by atoms with Crippen LogP contribution in [0.5, 0.6) is 5.75 Å². The van der Waals surface area contributed by atoms with Crippen LogP contribution in [0.25, 0.3) is 0 Å². The van der Waals surface area contributed by atoms with Crippen LogP contribution in [-0.2, 0) is 4.79 Å². The fourth-order valence-corrected chi connectivity index (χ4v) is 2.85. The van der Waals surface area contributed by atoms with Gasteiger partial charge in [0.15, 0.2) is 6.61 Å². The van der Waals surface area contributed by atoms with Gasteiger partial charge in [-0.15, -0.1) is 0 Å². The van der Waals surface area contributed by atoms with Gasteiger partial charge in [-0.05, 0) is 49.6 Å². The standard InChI is InChI=1S/C22H28N2O3/c1-5-24(6-2)22(26)17-10-9-11-18(14-17)23-21(25)15-27-20-13-8-7-12-19(20)16(3)4/h7-14,16H,5-6,15H2,1-4H3,(H,23,25). The Morgan fingerprint density at radius 1 is 1.04 bits per heavy atom. The summed E-state index contributed by atoms with van der Waals surface area (Å²) in [5.41, 5.74) is 2.21. The number of rotatable bonds is 8. The van der Waals surface area contributed by atoms with Crippen molar-refractivity contribution in [3.05, 3.63) is 59.7 Å². The number of nitrogens with one attached hydrogen (secondary N) is 1. The van der Waals surface area contributed by atoms with Crippen molar-refractivity contribution in [2.75, 3.05) is 25.0 Å². The molecule has 0 fully saturated rings. The van der Waals surface area contributed by atoms with Gasteiger partial charge in [-0.2, -0.15) is 0 Å². The van der Waals surface area contributed by atoms with Crippen LogP contribution in [-0.4, -0.2) is 36.4 Å².